The van der Waals surface area contributed by atoms with E-state index in [-0.39, 0.29) is 11.5 Å². The van der Waals surface area contributed by atoms with Gasteiger partial charge in [-0.1, -0.05) is 12.1 Å². The van der Waals surface area contributed by atoms with Gasteiger partial charge in [0.05, 0.1) is 16.1 Å². The quantitative estimate of drug-likeness (QED) is 0.653. The Hall–Kier alpha value is -3.04. The van der Waals surface area contributed by atoms with E-state index in [0.717, 1.165) is 23.9 Å². The van der Waals surface area contributed by atoms with Crippen LogP contribution in [0.3, 0.4) is 0 Å². The monoisotopic (exact) mass is 389 g/mol. The summed E-state index contributed by atoms with van der Waals surface area (Å²) in [7, 11) is -2.57. The summed E-state index contributed by atoms with van der Waals surface area (Å²) < 4.78 is 46.4. The van der Waals surface area contributed by atoms with Crippen LogP contribution in [0.1, 0.15) is 15.9 Å². The first-order valence-corrected chi connectivity index (χ1v) is 9.38. The Morgan fingerprint density at radius 2 is 1.96 bits per heavy atom. The van der Waals surface area contributed by atoms with Crippen LogP contribution < -0.4 is 4.72 Å². The molecule has 0 saturated heterocycles. The van der Waals surface area contributed by atoms with Gasteiger partial charge in [0.25, 0.3) is 0 Å². The fourth-order valence-electron chi connectivity index (χ4n) is 2.34. The van der Waals surface area contributed by atoms with E-state index >= 15 is 0 Å². The third-order valence-electron chi connectivity index (χ3n) is 3.81. The van der Waals surface area contributed by atoms with Crippen molar-refractivity contribution in [2.75, 3.05) is 7.05 Å². The summed E-state index contributed by atoms with van der Waals surface area (Å²) in [5.41, 5.74) is 1.09. The highest BCUT2D eigenvalue weighted by atomic mass is 32.2. The zero-order chi connectivity index (χ0) is 19.4. The van der Waals surface area contributed by atoms with Gasteiger partial charge >= 0.3 is 5.97 Å². The number of carbonyl (C=O) groups excluding carboxylic acids is 1. The molecule has 0 aliphatic rings. The van der Waals surface area contributed by atoms with Gasteiger partial charge in [0.2, 0.25) is 10.0 Å². The van der Waals surface area contributed by atoms with Gasteiger partial charge in [-0.25, -0.2) is 27.0 Å². The van der Waals surface area contributed by atoms with E-state index in [0.29, 0.717) is 5.56 Å². The smallest absolute Gasteiger partial charge is 0.341 e. The van der Waals surface area contributed by atoms with Crippen molar-refractivity contribution in [3.8, 4) is 5.69 Å². The van der Waals surface area contributed by atoms with Gasteiger partial charge in [-0.3, -0.25) is 0 Å². The average molecular weight is 389 g/mol. The van der Waals surface area contributed by atoms with Gasteiger partial charge in [-0.05, 0) is 49.0 Å². The van der Waals surface area contributed by atoms with E-state index in [1.54, 1.807) is 47.4 Å². The Labute approximate surface area is 155 Å². The molecule has 0 aliphatic carbocycles. The van der Waals surface area contributed by atoms with Crippen molar-refractivity contribution < 1.29 is 22.3 Å². The molecule has 1 N–H and O–H groups in total. The largest absolute Gasteiger partial charge is 0.457 e. The van der Waals surface area contributed by atoms with Crippen molar-refractivity contribution in [1.82, 2.24) is 14.5 Å². The van der Waals surface area contributed by atoms with Gasteiger partial charge in [-0.15, -0.1) is 0 Å². The van der Waals surface area contributed by atoms with E-state index in [9.17, 15) is 17.6 Å². The molecule has 3 rings (SSSR count). The van der Waals surface area contributed by atoms with Crippen molar-refractivity contribution in [3.63, 3.8) is 0 Å². The number of hydrogen-bond donors (Lipinski definition) is 1. The Bertz CT molecular complexity index is 1050. The lowest BCUT2D eigenvalue weighted by Crippen LogP contribution is -2.19. The number of carbonyl (C=O) groups is 1. The maximum atomic E-state index is 13.9. The van der Waals surface area contributed by atoms with E-state index < -0.39 is 27.4 Å². The number of hydrogen-bond acceptors (Lipinski definition) is 5. The van der Waals surface area contributed by atoms with Crippen molar-refractivity contribution in [2.45, 2.75) is 11.5 Å². The van der Waals surface area contributed by atoms with Crippen LogP contribution in [0.4, 0.5) is 4.39 Å². The van der Waals surface area contributed by atoms with Gasteiger partial charge in [-0.2, -0.15) is 5.10 Å². The molecule has 0 aliphatic heterocycles. The van der Waals surface area contributed by atoms with Crippen LogP contribution in [0.5, 0.6) is 0 Å². The maximum Gasteiger partial charge on any atom is 0.341 e. The first-order chi connectivity index (χ1) is 12.9. The van der Waals surface area contributed by atoms with E-state index in [1.165, 1.54) is 7.05 Å². The van der Waals surface area contributed by atoms with Gasteiger partial charge in [0, 0.05) is 12.4 Å². The van der Waals surface area contributed by atoms with Crippen molar-refractivity contribution in [1.29, 1.82) is 0 Å². The number of halogens is 1. The van der Waals surface area contributed by atoms with Crippen molar-refractivity contribution >= 4 is 16.0 Å². The minimum absolute atomic E-state index is 0.0827. The molecule has 0 fully saturated rings. The Morgan fingerprint density at radius 3 is 2.59 bits per heavy atom. The minimum Gasteiger partial charge on any atom is -0.457 e. The Balaban J connectivity index is 1.72. The lowest BCUT2D eigenvalue weighted by Gasteiger charge is -2.09. The van der Waals surface area contributed by atoms with Crippen LogP contribution in [0.2, 0.25) is 0 Å². The minimum atomic E-state index is -3.80. The standard InChI is InChI=1S/C18H16FN3O4S/c1-20-27(24,25)15-7-8-17(19)16(11-15)18(23)26-12-13-3-5-14(6-4-13)22-10-2-9-21-22/h2-11,20H,12H2,1H3. The lowest BCUT2D eigenvalue weighted by atomic mass is 10.2. The molecule has 1 aromatic heterocycles. The molecule has 0 atom stereocenters. The zero-order valence-corrected chi connectivity index (χ0v) is 15.1. The van der Waals surface area contributed by atoms with E-state index in [2.05, 4.69) is 9.82 Å². The summed E-state index contributed by atoms with van der Waals surface area (Å²) in [4.78, 5) is 11.9. The number of nitrogens with one attached hydrogen (secondary N) is 1. The molecule has 0 amide bonds. The molecule has 0 unspecified atom stereocenters. The number of aromatic nitrogens is 2. The summed E-state index contributed by atoms with van der Waals surface area (Å²) in [5, 5.41) is 4.11. The number of esters is 1. The predicted molar refractivity (Wildman–Crippen MR) is 95.3 cm³/mol. The molecular formula is C18H16FN3O4S. The molecule has 0 bridgehead atoms. The fourth-order valence-corrected chi connectivity index (χ4v) is 3.09. The van der Waals surface area contributed by atoms with Gasteiger partial charge in [0.1, 0.15) is 12.4 Å². The molecule has 1 heterocycles. The second-order valence-corrected chi connectivity index (χ2v) is 7.43. The number of sulfonamides is 1. The maximum absolute atomic E-state index is 13.9. The van der Waals surface area contributed by atoms with Gasteiger partial charge in [0.15, 0.2) is 0 Å². The fraction of sp³-hybridized carbons (Fsp3) is 0.111. The summed E-state index contributed by atoms with van der Waals surface area (Å²) in [6, 6.07) is 11.8. The predicted octanol–water partition coefficient (Wildman–Crippen LogP) is 2.28. The van der Waals surface area contributed by atoms with Crippen molar-refractivity contribution in [3.05, 3.63) is 77.9 Å². The highest BCUT2D eigenvalue weighted by Gasteiger charge is 2.19. The molecule has 0 spiro atoms. The molecule has 9 heteroatoms. The summed E-state index contributed by atoms with van der Waals surface area (Å²) >= 11 is 0. The zero-order valence-electron chi connectivity index (χ0n) is 14.3. The highest BCUT2D eigenvalue weighted by Crippen LogP contribution is 2.17. The first kappa shape index (κ1) is 18.7. The normalized spacial score (nSPS) is 11.3. The van der Waals surface area contributed by atoms with Gasteiger partial charge < -0.3 is 4.74 Å². The highest BCUT2D eigenvalue weighted by molar-refractivity contribution is 7.89. The first-order valence-electron chi connectivity index (χ1n) is 7.90. The summed E-state index contributed by atoms with van der Waals surface area (Å²) in [6.45, 7) is -0.0827. The van der Waals surface area contributed by atoms with Crippen LogP contribution in [-0.2, 0) is 21.4 Å². The number of benzene rings is 2. The third kappa shape index (κ3) is 4.21. The topological polar surface area (TPSA) is 90.3 Å². The number of nitrogens with zero attached hydrogens (tertiary/aromatic N) is 2. The Kier molecular flexibility index (Phi) is 5.33. The van der Waals surface area contributed by atoms with Crippen molar-refractivity contribution in [2.24, 2.45) is 0 Å². The number of ether oxygens (including phenoxy) is 1. The molecule has 7 nitrogen and oxygen atoms in total. The van der Waals surface area contributed by atoms with E-state index in [1.807, 2.05) is 0 Å². The molecule has 0 saturated carbocycles. The molecule has 27 heavy (non-hydrogen) atoms. The average Bonchev–Trinajstić information content (AvgIpc) is 3.21. The van der Waals surface area contributed by atoms with Crippen LogP contribution >= 0.6 is 0 Å². The second kappa shape index (κ2) is 7.68. The second-order valence-electron chi connectivity index (χ2n) is 5.54. The SMILES string of the molecule is CNS(=O)(=O)c1ccc(F)c(C(=O)OCc2ccc(-n3cccn3)cc2)c1. The van der Waals surface area contributed by atoms with E-state index in [4.69, 9.17) is 4.74 Å². The Morgan fingerprint density at radius 1 is 1.22 bits per heavy atom. The molecule has 2 aromatic carbocycles. The molecule has 140 valence electrons. The molecule has 0 radical (unpaired) electrons. The summed E-state index contributed by atoms with van der Waals surface area (Å²) in [5.74, 6) is -1.80. The van der Waals surface area contributed by atoms with Crippen LogP contribution in [-0.4, -0.2) is 31.2 Å². The number of rotatable bonds is 6. The molecule has 3 aromatic rings. The van der Waals surface area contributed by atoms with Crippen LogP contribution in [0.25, 0.3) is 5.69 Å². The summed E-state index contributed by atoms with van der Waals surface area (Å²) in [6.07, 6.45) is 3.45. The van der Waals surface area contributed by atoms with Crippen LogP contribution in [0, 0.1) is 5.82 Å². The lowest BCUT2D eigenvalue weighted by molar-refractivity contribution is 0.0467. The molecular weight excluding hydrogens is 373 g/mol. The van der Waals surface area contributed by atoms with Crippen LogP contribution in [0.15, 0.2) is 65.8 Å². The third-order valence-corrected chi connectivity index (χ3v) is 5.22.